The van der Waals surface area contributed by atoms with Crippen molar-refractivity contribution in [2.75, 3.05) is 58.0 Å². The molecule has 39 heavy (non-hydrogen) atoms. The van der Waals surface area contributed by atoms with Gasteiger partial charge in [-0.3, -0.25) is 4.79 Å². The second-order valence-electron chi connectivity index (χ2n) is 10.00. The van der Waals surface area contributed by atoms with E-state index in [0.717, 1.165) is 44.2 Å². The molecule has 0 saturated carbocycles. The Morgan fingerprint density at radius 2 is 1.82 bits per heavy atom. The van der Waals surface area contributed by atoms with Gasteiger partial charge < -0.3 is 24.4 Å². The molecule has 0 unspecified atom stereocenters. The summed E-state index contributed by atoms with van der Waals surface area (Å²) in [4.78, 5) is 29.8. The maximum atomic E-state index is 15.0. The molecule has 2 fully saturated rings. The number of amides is 1. The number of carbonyl (C=O) groups excluding carboxylic acids is 1. The van der Waals surface area contributed by atoms with Gasteiger partial charge in [-0.15, -0.1) is 0 Å². The lowest BCUT2D eigenvalue weighted by Gasteiger charge is -2.32. The average molecular weight is 558 g/mol. The number of nitrogens with zero attached hydrogens (tertiary/aromatic N) is 6. The number of carbonyl (C=O) groups is 1. The van der Waals surface area contributed by atoms with Gasteiger partial charge in [0.15, 0.2) is 15.7 Å². The molecule has 2 aliphatic rings. The lowest BCUT2D eigenvalue weighted by atomic mass is 10.1. The summed E-state index contributed by atoms with van der Waals surface area (Å²) in [5.41, 5.74) is 1.10. The summed E-state index contributed by atoms with van der Waals surface area (Å²) in [6.45, 7) is 5.60. The number of ether oxygens (including phenoxy) is 1. The highest BCUT2D eigenvalue weighted by molar-refractivity contribution is 7.90. The largest absolute Gasteiger partial charge is 0.381 e. The first-order valence-electron chi connectivity index (χ1n) is 12.9. The molecule has 0 radical (unpaired) electrons. The molecule has 5 rings (SSSR count). The van der Waals surface area contributed by atoms with Gasteiger partial charge in [0.05, 0.1) is 28.5 Å². The van der Waals surface area contributed by atoms with Crippen LogP contribution in [0.2, 0.25) is 0 Å². The van der Waals surface area contributed by atoms with Gasteiger partial charge in [0, 0.05) is 57.4 Å². The first-order valence-corrected chi connectivity index (χ1v) is 14.7. The Balaban J connectivity index is 1.45. The highest BCUT2D eigenvalue weighted by atomic mass is 32.2. The van der Waals surface area contributed by atoms with Gasteiger partial charge in [-0.05, 0) is 45.0 Å². The summed E-state index contributed by atoms with van der Waals surface area (Å²) in [6.07, 6.45) is 5.31. The van der Waals surface area contributed by atoms with E-state index in [0.29, 0.717) is 37.7 Å². The summed E-state index contributed by atoms with van der Waals surface area (Å²) in [5, 5.41) is 2.98. The van der Waals surface area contributed by atoms with Crippen molar-refractivity contribution in [2.45, 2.75) is 30.7 Å². The maximum Gasteiger partial charge on any atom is 0.255 e. The number of sulfone groups is 1. The summed E-state index contributed by atoms with van der Waals surface area (Å²) in [7, 11) is -1.76. The standard InChI is InChI=1S/C26H32FN7O4S/c1-17-28-16-22(34(17)19-6-12-38-13-7-19)24-21(27)15-29-26(31-24)30-18-4-5-20(23(14-18)39(3,36)37)25(35)33-10-8-32(2)9-11-33/h4-5,14-16,19H,6-13H2,1-3H3,(H,29,30,31). The van der Waals surface area contributed by atoms with Crippen molar-refractivity contribution in [2.24, 2.45) is 0 Å². The van der Waals surface area contributed by atoms with Crippen LogP contribution < -0.4 is 5.32 Å². The van der Waals surface area contributed by atoms with Crippen LogP contribution in [0.15, 0.2) is 35.5 Å². The van der Waals surface area contributed by atoms with Crippen LogP contribution in [0, 0.1) is 12.7 Å². The predicted molar refractivity (Wildman–Crippen MR) is 143 cm³/mol. The van der Waals surface area contributed by atoms with Gasteiger partial charge in [0.2, 0.25) is 5.95 Å². The van der Waals surface area contributed by atoms with Crippen molar-refractivity contribution in [1.82, 2.24) is 29.3 Å². The topological polar surface area (TPSA) is 123 Å². The fraction of sp³-hybridized carbons (Fsp3) is 0.462. The van der Waals surface area contributed by atoms with Crippen LogP contribution in [0.1, 0.15) is 35.1 Å². The second kappa shape index (κ2) is 11.0. The van der Waals surface area contributed by atoms with Crippen LogP contribution in [0.25, 0.3) is 11.4 Å². The smallest absolute Gasteiger partial charge is 0.255 e. The van der Waals surface area contributed by atoms with Gasteiger partial charge in [-0.2, -0.15) is 0 Å². The molecule has 0 atom stereocenters. The Labute approximate surface area is 226 Å². The zero-order chi connectivity index (χ0) is 27.7. The minimum absolute atomic E-state index is 0.0846. The van der Waals surface area contributed by atoms with Crippen molar-refractivity contribution in [3.05, 3.63) is 47.8 Å². The molecule has 1 amide bonds. The van der Waals surface area contributed by atoms with E-state index in [9.17, 15) is 17.6 Å². The van der Waals surface area contributed by atoms with E-state index in [2.05, 4.69) is 25.2 Å². The number of aromatic nitrogens is 4. The molecule has 2 saturated heterocycles. The number of nitrogens with one attached hydrogen (secondary N) is 1. The number of halogens is 1. The lowest BCUT2D eigenvalue weighted by Crippen LogP contribution is -2.47. The van der Waals surface area contributed by atoms with E-state index >= 15 is 0 Å². The minimum atomic E-state index is -3.74. The SMILES string of the molecule is Cc1ncc(-c2nc(Nc3ccc(C(=O)N4CCN(C)CC4)c(S(C)(=O)=O)c3)ncc2F)n1C1CCOCC1. The van der Waals surface area contributed by atoms with Crippen LogP contribution in [0.3, 0.4) is 0 Å². The number of piperazine rings is 1. The highest BCUT2D eigenvalue weighted by Crippen LogP contribution is 2.31. The zero-order valence-electron chi connectivity index (χ0n) is 22.2. The maximum absolute atomic E-state index is 15.0. The monoisotopic (exact) mass is 557 g/mol. The van der Waals surface area contributed by atoms with Crippen LogP contribution >= 0.6 is 0 Å². The summed E-state index contributed by atoms with van der Waals surface area (Å²) >= 11 is 0. The van der Waals surface area contributed by atoms with Crippen molar-refractivity contribution in [3.8, 4) is 11.4 Å². The first kappa shape index (κ1) is 27.2. The molecule has 4 heterocycles. The van der Waals surface area contributed by atoms with E-state index < -0.39 is 15.7 Å². The van der Waals surface area contributed by atoms with Gasteiger partial charge in [0.25, 0.3) is 5.91 Å². The van der Waals surface area contributed by atoms with Gasteiger partial charge in [0.1, 0.15) is 11.5 Å². The number of benzene rings is 1. The quantitative estimate of drug-likeness (QED) is 0.487. The average Bonchev–Trinajstić information content (AvgIpc) is 3.30. The van der Waals surface area contributed by atoms with Crippen molar-refractivity contribution < 1.29 is 22.3 Å². The van der Waals surface area contributed by atoms with Crippen molar-refractivity contribution in [3.63, 3.8) is 0 Å². The molecule has 3 aromatic rings. The van der Waals surface area contributed by atoms with Crippen LogP contribution in [0.4, 0.5) is 16.0 Å². The molecule has 0 bridgehead atoms. The predicted octanol–water partition coefficient (Wildman–Crippen LogP) is 2.67. The molecule has 2 aromatic heterocycles. The molecule has 0 aliphatic carbocycles. The number of aryl methyl sites for hydroxylation is 1. The fourth-order valence-electron chi connectivity index (χ4n) is 5.03. The second-order valence-corrected chi connectivity index (χ2v) is 12.0. The van der Waals surface area contributed by atoms with E-state index in [1.165, 1.54) is 12.1 Å². The Kier molecular flexibility index (Phi) is 7.65. The number of likely N-dealkylation sites (N-methyl/N-ethyl adjacent to an activating group) is 1. The molecule has 2 aliphatic heterocycles. The first-order chi connectivity index (χ1) is 18.6. The normalized spacial score (nSPS) is 17.4. The van der Waals surface area contributed by atoms with E-state index in [4.69, 9.17) is 4.74 Å². The fourth-order valence-corrected chi connectivity index (χ4v) is 5.93. The minimum Gasteiger partial charge on any atom is -0.381 e. The molecule has 11 nitrogen and oxygen atoms in total. The number of hydrogen-bond donors (Lipinski definition) is 1. The van der Waals surface area contributed by atoms with Crippen LogP contribution in [-0.2, 0) is 14.6 Å². The van der Waals surface area contributed by atoms with E-state index in [-0.39, 0.29) is 34.1 Å². The molecule has 1 aromatic carbocycles. The third-order valence-electron chi connectivity index (χ3n) is 7.18. The Morgan fingerprint density at radius 1 is 1.10 bits per heavy atom. The molecule has 1 N–H and O–H groups in total. The highest BCUT2D eigenvalue weighted by Gasteiger charge is 2.27. The van der Waals surface area contributed by atoms with Crippen molar-refractivity contribution >= 4 is 27.4 Å². The van der Waals surface area contributed by atoms with Gasteiger partial charge in [-0.25, -0.2) is 27.8 Å². The molecular weight excluding hydrogens is 525 g/mol. The Morgan fingerprint density at radius 3 is 2.51 bits per heavy atom. The number of rotatable bonds is 6. The van der Waals surface area contributed by atoms with Crippen molar-refractivity contribution in [1.29, 1.82) is 0 Å². The summed E-state index contributed by atoms with van der Waals surface area (Å²) in [6, 6.07) is 4.60. The van der Waals surface area contributed by atoms with Gasteiger partial charge >= 0.3 is 0 Å². The summed E-state index contributed by atoms with van der Waals surface area (Å²) < 4.78 is 47.8. The zero-order valence-corrected chi connectivity index (χ0v) is 23.0. The lowest BCUT2D eigenvalue weighted by molar-refractivity contribution is 0.0660. The molecule has 13 heteroatoms. The third kappa shape index (κ3) is 5.80. The third-order valence-corrected chi connectivity index (χ3v) is 8.32. The van der Waals surface area contributed by atoms with E-state index in [1.54, 1.807) is 17.2 Å². The Bertz CT molecular complexity index is 1480. The molecular formula is C26H32FN7O4S. The van der Waals surface area contributed by atoms with Crippen LogP contribution in [-0.4, -0.2) is 96.3 Å². The van der Waals surface area contributed by atoms with Gasteiger partial charge in [-0.1, -0.05) is 0 Å². The summed E-state index contributed by atoms with van der Waals surface area (Å²) in [5.74, 6) is -0.0879. The van der Waals surface area contributed by atoms with E-state index in [1.807, 2.05) is 18.5 Å². The number of anilines is 2. The molecule has 208 valence electrons. The van der Waals surface area contributed by atoms with Crippen LogP contribution in [0.5, 0.6) is 0 Å². The Hall–Kier alpha value is -3.42. The number of hydrogen-bond acceptors (Lipinski definition) is 9. The molecule has 0 spiro atoms. The number of imidazole rings is 1.